The lowest BCUT2D eigenvalue weighted by atomic mass is 10.3. The number of aryl methyl sites for hydroxylation is 1. The molecule has 25 heavy (non-hydrogen) atoms. The molecule has 4 rings (SSSR count). The second kappa shape index (κ2) is 6.39. The molecule has 8 nitrogen and oxygen atoms in total. The first-order valence-electron chi connectivity index (χ1n) is 8.04. The van der Waals surface area contributed by atoms with Crippen LogP contribution in [0.5, 0.6) is 5.88 Å². The lowest BCUT2D eigenvalue weighted by molar-refractivity contribution is 0.0765. The minimum absolute atomic E-state index is 0.0817. The standard InChI is InChI=1S/C17H17N5O3/c1-11-18-6-4-16(19-11)25-12-5-7-22(10-12)17(23)14-9-13(20-21-14)15-3-2-8-24-15/h2-4,6,8-9,12H,5,7,10H2,1H3,(H,20,21). The van der Waals surface area contributed by atoms with Crippen molar-refractivity contribution in [2.45, 2.75) is 19.4 Å². The Morgan fingerprint density at radius 1 is 1.44 bits per heavy atom. The average Bonchev–Trinajstić information content (AvgIpc) is 3.35. The van der Waals surface area contributed by atoms with Crippen molar-refractivity contribution in [2.24, 2.45) is 0 Å². The van der Waals surface area contributed by atoms with E-state index >= 15 is 0 Å². The molecule has 1 amide bonds. The Hall–Kier alpha value is -3.16. The number of hydrogen-bond donors (Lipinski definition) is 1. The largest absolute Gasteiger partial charge is 0.472 e. The molecular weight excluding hydrogens is 322 g/mol. The van der Waals surface area contributed by atoms with E-state index in [9.17, 15) is 4.79 Å². The number of H-pyrrole nitrogens is 1. The first-order chi connectivity index (χ1) is 12.2. The van der Waals surface area contributed by atoms with E-state index < -0.39 is 0 Å². The average molecular weight is 339 g/mol. The minimum atomic E-state index is -0.126. The summed E-state index contributed by atoms with van der Waals surface area (Å²) in [5.74, 6) is 1.71. The molecule has 1 N–H and O–H groups in total. The molecule has 0 bridgehead atoms. The van der Waals surface area contributed by atoms with Crippen molar-refractivity contribution in [1.29, 1.82) is 0 Å². The van der Waals surface area contributed by atoms with Crippen LogP contribution in [-0.2, 0) is 0 Å². The molecule has 0 saturated carbocycles. The number of likely N-dealkylation sites (tertiary alicyclic amines) is 1. The number of hydrogen-bond acceptors (Lipinski definition) is 6. The Morgan fingerprint density at radius 2 is 2.36 bits per heavy atom. The van der Waals surface area contributed by atoms with Gasteiger partial charge in [-0.2, -0.15) is 10.1 Å². The quantitative estimate of drug-likeness (QED) is 0.781. The van der Waals surface area contributed by atoms with Gasteiger partial charge < -0.3 is 14.1 Å². The first-order valence-corrected chi connectivity index (χ1v) is 8.04. The predicted octanol–water partition coefficient (Wildman–Crippen LogP) is 2.06. The van der Waals surface area contributed by atoms with Crippen molar-refractivity contribution in [2.75, 3.05) is 13.1 Å². The Morgan fingerprint density at radius 3 is 3.16 bits per heavy atom. The van der Waals surface area contributed by atoms with E-state index in [1.807, 2.05) is 13.0 Å². The van der Waals surface area contributed by atoms with Gasteiger partial charge in [-0.05, 0) is 19.1 Å². The number of carbonyl (C=O) groups excluding carboxylic acids is 1. The van der Waals surface area contributed by atoms with E-state index in [1.165, 1.54) is 0 Å². The third-order valence-electron chi connectivity index (χ3n) is 4.05. The Bertz CT molecular complexity index is 874. The highest BCUT2D eigenvalue weighted by Gasteiger charge is 2.30. The molecule has 3 aromatic heterocycles. The predicted molar refractivity (Wildman–Crippen MR) is 88.0 cm³/mol. The van der Waals surface area contributed by atoms with Crippen LogP contribution in [-0.4, -0.2) is 50.2 Å². The number of furan rings is 1. The topological polar surface area (TPSA) is 97.1 Å². The molecule has 0 radical (unpaired) electrons. The summed E-state index contributed by atoms with van der Waals surface area (Å²) in [5, 5.41) is 6.93. The summed E-state index contributed by atoms with van der Waals surface area (Å²) >= 11 is 0. The van der Waals surface area contributed by atoms with Gasteiger partial charge in [-0.25, -0.2) is 4.98 Å². The molecule has 4 heterocycles. The number of rotatable bonds is 4. The molecule has 128 valence electrons. The maximum absolute atomic E-state index is 12.6. The zero-order valence-corrected chi connectivity index (χ0v) is 13.7. The fourth-order valence-electron chi connectivity index (χ4n) is 2.83. The van der Waals surface area contributed by atoms with Crippen LogP contribution in [0.15, 0.2) is 41.1 Å². The van der Waals surface area contributed by atoms with Crippen molar-refractivity contribution < 1.29 is 13.9 Å². The van der Waals surface area contributed by atoms with Gasteiger partial charge in [0, 0.05) is 31.3 Å². The van der Waals surface area contributed by atoms with Crippen molar-refractivity contribution in [3.05, 3.63) is 48.2 Å². The SMILES string of the molecule is Cc1nccc(OC2CCN(C(=O)c3cc(-c4ccco4)[nH]n3)C2)n1. The Labute approximate surface area is 143 Å². The Kier molecular flexibility index (Phi) is 3.93. The van der Waals surface area contributed by atoms with Crippen LogP contribution in [0.3, 0.4) is 0 Å². The monoisotopic (exact) mass is 339 g/mol. The van der Waals surface area contributed by atoms with Crippen LogP contribution in [0.2, 0.25) is 0 Å². The van der Waals surface area contributed by atoms with Crippen molar-refractivity contribution >= 4 is 5.91 Å². The molecule has 3 aromatic rings. The summed E-state index contributed by atoms with van der Waals surface area (Å²) < 4.78 is 11.2. The van der Waals surface area contributed by atoms with Crippen LogP contribution < -0.4 is 4.74 Å². The molecular formula is C17H17N5O3. The van der Waals surface area contributed by atoms with Gasteiger partial charge in [0.2, 0.25) is 5.88 Å². The lowest BCUT2D eigenvalue weighted by Gasteiger charge is -2.15. The molecule has 0 aromatic carbocycles. The summed E-state index contributed by atoms with van der Waals surface area (Å²) in [6, 6.07) is 7.02. The van der Waals surface area contributed by atoms with Gasteiger partial charge in [0.05, 0.1) is 12.8 Å². The van der Waals surface area contributed by atoms with E-state index in [0.717, 1.165) is 6.42 Å². The number of nitrogens with one attached hydrogen (secondary N) is 1. The number of nitrogens with zero attached hydrogens (tertiary/aromatic N) is 4. The van der Waals surface area contributed by atoms with Gasteiger partial charge in [-0.3, -0.25) is 9.89 Å². The highest BCUT2D eigenvalue weighted by Crippen LogP contribution is 2.21. The van der Waals surface area contributed by atoms with Gasteiger partial charge in [0.25, 0.3) is 5.91 Å². The Balaban J connectivity index is 1.40. The van der Waals surface area contributed by atoms with E-state index in [4.69, 9.17) is 9.15 Å². The maximum atomic E-state index is 12.6. The van der Waals surface area contributed by atoms with E-state index in [0.29, 0.717) is 41.9 Å². The van der Waals surface area contributed by atoms with Crippen LogP contribution in [0, 0.1) is 6.92 Å². The normalized spacial score (nSPS) is 17.0. The van der Waals surface area contributed by atoms with Gasteiger partial charge in [-0.15, -0.1) is 0 Å². The molecule has 1 atom stereocenters. The molecule has 1 aliphatic heterocycles. The fourth-order valence-corrected chi connectivity index (χ4v) is 2.83. The van der Waals surface area contributed by atoms with Crippen LogP contribution in [0.25, 0.3) is 11.5 Å². The zero-order chi connectivity index (χ0) is 17.2. The van der Waals surface area contributed by atoms with Crippen LogP contribution in [0.4, 0.5) is 0 Å². The van der Waals surface area contributed by atoms with Gasteiger partial charge in [0.1, 0.15) is 17.6 Å². The van der Waals surface area contributed by atoms with Crippen molar-refractivity contribution in [1.82, 2.24) is 25.1 Å². The van der Waals surface area contributed by atoms with E-state index in [-0.39, 0.29) is 12.0 Å². The van der Waals surface area contributed by atoms with Gasteiger partial charge >= 0.3 is 0 Å². The molecule has 1 fully saturated rings. The number of amides is 1. The third-order valence-corrected chi connectivity index (χ3v) is 4.05. The van der Waals surface area contributed by atoms with Gasteiger partial charge in [0.15, 0.2) is 11.5 Å². The molecule has 1 unspecified atom stereocenters. The summed E-state index contributed by atoms with van der Waals surface area (Å²) in [7, 11) is 0. The van der Waals surface area contributed by atoms with E-state index in [2.05, 4.69) is 20.2 Å². The first kappa shape index (κ1) is 15.4. The highest BCUT2D eigenvalue weighted by atomic mass is 16.5. The number of aromatic nitrogens is 4. The number of carbonyl (C=O) groups is 1. The van der Waals surface area contributed by atoms with Crippen LogP contribution in [0.1, 0.15) is 22.7 Å². The second-order valence-electron chi connectivity index (χ2n) is 5.87. The summed E-state index contributed by atoms with van der Waals surface area (Å²) in [4.78, 5) is 22.6. The summed E-state index contributed by atoms with van der Waals surface area (Å²) in [5.41, 5.74) is 1.04. The van der Waals surface area contributed by atoms with Gasteiger partial charge in [-0.1, -0.05) is 0 Å². The van der Waals surface area contributed by atoms with E-state index in [1.54, 1.807) is 35.6 Å². The molecule has 0 aliphatic carbocycles. The fraction of sp³-hybridized carbons (Fsp3) is 0.294. The summed E-state index contributed by atoms with van der Waals surface area (Å²) in [6.45, 7) is 2.94. The van der Waals surface area contributed by atoms with Crippen molar-refractivity contribution in [3.8, 4) is 17.3 Å². The zero-order valence-electron chi connectivity index (χ0n) is 13.7. The number of aromatic amines is 1. The summed E-state index contributed by atoms with van der Waals surface area (Å²) in [6.07, 6.45) is 3.91. The smallest absolute Gasteiger partial charge is 0.274 e. The highest BCUT2D eigenvalue weighted by molar-refractivity contribution is 5.93. The molecule has 1 saturated heterocycles. The number of ether oxygens (including phenoxy) is 1. The van der Waals surface area contributed by atoms with Crippen molar-refractivity contribution in [3.63, 3.8) is 0 Å². The second-order valence-corrected chi connectivity index (χ2v) is 5.87. The lowest BCUT2D eigenvalue weighted by Crippen LogP contribution is -2.31. The molecule has 8 heteroatoms. The maximum Gasteiger partial charge on any atom is 0.274 e. The van der Waals surface area contributed by atoms with Crippen LogP contribution >= 0.6 is 0 Å². The third kappa shape index (κ3) is 3.23. The molecule has 1 aliphatic rings. The molecule has 0 spiro atoms. The minimum Gasteiger partial charge on any atom is -0.472 e.